The molecule has 1 aromatic heterocycles. The van der Waals surface area contributed by atoms with Crippen molar-refractivity contribution in [2.45, 2.75) is 50.6 Å². The molecule has 4 heteroatoms. The van der Waals surface area contributed by atoms with Crippen LogP contribution in [-0.4, -0.2) is 15.6 Å². The standard InChI is InChI=1S/C18H21N3O/c22-20-16(13-6-2-1-3-7-13)10-17-14-8-4-5-9-15(14)18-11-19-12-21(17)18/h4-5,8-9,11-13,16-17H,1-3,6-7,10H2. The third-order valence-corrected chi connectivity index (χ3v) is 5.39. The molecule has 0 saturated heterocycles. The normalized spacial score (nSPS) is 22.1. The maximum Gasteiger partial charge on any atom is 0.0970 e. The van der Waals surface area contributed by atoms with Gasteiger partial charge in [0, 0.05) is 5.56 Å². The summed E-state index contributed by atoms with van der Waals surface area (Å²) in [5, 5.41) is 3.52. The lowest BCUT2D eigenvalue weighted by Crippen LogP contribution is -2.24. The van der Waals surface area contributed by atoms with Crippen molar-refractivity contribution in [2.24, 2.45) is 11.1 Å². The molecule has 0 N–H and O–H groups in total. The fraction of sp³-hybridized carbons (Fsp3) is 0.500. The summed E-state index contributed by atoms with van der Waals surface area (Å²) in [6, 6.07) is 8.60. The Hall–Kier alpha value is -1.97. The van der Waals surface area contributed by atoms with E-state index in [0.29, 0.717) is 5.92 Å². The molecule has 2 aliphatic rings. The molecule has 0 bridgehead atoms. The van der Waals surface area contributed by atoms with Crippen LogP contribution in [0.25, 0.3) is 11.3 Å². The van der Waals surface area contributed by atoms with Crippen LogP contribution in [0.1, 0.15) is 50.1 Å². The average Bonchev–Trinajstić information content (AvgIpc) is 3.15. The monoisotopic (exact) mass is 295 g/mol. The van der Waals surface area contributed by atoms with E-state index in [9.17, 15) is 4.91 Å². The molecule has 1 aliphatic heterocycles. The first-order valence-electron chi connectivity index (χ1n) is 8.32. The molecular weight excluding hydrogens is 274 g/mol. The van der Waals surface area contributed by atoms with E-state index in [0.717, 1.165) is 25.0 Å². The zero-order valence-electron chi connectivity index (χ0n) is 12.7. The first-order chi connectivity index (χ1) is 10.9. The highest BCUT2D eigenvalue weighted by molar-refractivity contribution is 5.68. The van der Waals surface area contributed by atoms with E-state index in [-0.39, 0.29) is 12.1 Å². The first kappa shape index (κ1) is 13.7. The molecule has 2 unspecified atom stereocenters. The van der Waals surface area contributed by atoms with Crippen LogP contribution in [0.3, 0.4) is 0 Å². The quantitative estimate of drug-likeness (QED) is 0.776. The largest absolute Gasteiger partial charge is 0.323 e. The topological polar surface area (TPSA) is 47.2 Å². The summed E-state index contributed by atoms with van der Waals surface area (Å²) in [5.74, 6) is 0.464. The van der Waals surface area contributed by atoms with Crippen LogP contribution in [0.5, 0.6) is 0 Å². The predicted molar refractivity (Wildman–Crippen MR) is 86.6 cm³/mol. The minimum atomic E-state index is -0.0771. The third kappa shape index (κ3) is 2.18. The van der Waals surface area contributed by atoms with E-state index < -0.39 is 0 Å². The summed E-state index contributed by atoms with van der Waals surface area (Å²) in [5.41, 5.74) is 3.72. The lowest BCUT2D eigenvalue weighted by Gasteiger charge is -2.28. The molecule has 0 spiro atoms. The van der Waals surface area contributed by atoms with Crippen LogP contribution in [0, 0.1) is 10.8 Å². The highest BCUT2D eigenvalue weighted by atomic mass is 16.3. The molecule has 2 heterocycles. The van der Waals surface area contributed by atoms with Crippen molar-refractivity contribution in [2.75, 3.05) is 0 Å². The molecule has 0 amide bonds. The Kier molecular flexibility index (Phi) is 3.53. The zero-order valence-corrected chi connectivity index (χ0v) is 12.7. The molecule has 4 nitrogen and oxygen atoms in total. The summed E-state index contributed by atoms with van der Waals surface area (Å²) in [6.45, 7) is 0. The zero-order chi connectivity index (χ0) is 14.9. The SMILES string of the molecule is O=NC(CC1c2ccccc2-c2cncn21)C1CCCCC1. The van der Waals surface area contributed by atoms with Gasteiger partial charge in [-0.3, -0.25) is 0 Å². The first-order valence-corrected chi connectivity index (χ1v) is 8.32. The number of benzene rings is 1. The second-order valence-corrected chi connectivity index (χ2v) is 6.60. The predicted octanol–water partition coefficient (Wildman–Crippen LogP) is 4.56. The minimum Gasteiger partial charge on any atom is -0.323 e. The summed E-state index contributed by atoms with van der Waals surface area (Å²) in [4.78, 5) is 15.8. The molecule has 22 heavy (non-hydrogen) atoms. The van der Waals surface area contributed by atoms with Gasteiger partial charge in [0.15, 0.2) is 0 Å². The van der Waals surface area contributed by atoms with Gasteiger partial charge in [0.2, 0.25) is 0 Å². The van der Waals surface area contributed by atoms with E-state index in [4.69, 9.17) is 0 Å². The van der Waals surface area contributed by atoms with Crippen molar-refractivity contribution < 1.29 is 0 Å². The molecule has 1 fully saturated rings. The summed E-state index contributed by atoms with van der Waals surface area (Å²) in [7, 11) is 0. The third-order valence-electron chi connectivity index (χ3n) is 5.39. The van der Waals surface area contributed by atoms with E-state index in [1.54, 1.807) is 0 Å². The second-order valence-electron chi connectivity index (χ2n) is 6.60. The van der Waals surface area contributed by atoms with E-state index in [1.807, 2.05) is 12.5 Å². The Morgan fingerprint density at radius 3 is 2.86 bits per heavy atom. The fourth-order valence-corrected chi connectivity index (χ4v) is 4.24. The lowest BCUT2D eigenvalue weighted by molar-refractivity contribution is 0.280. The van der Waals surface area contributed by atoms with Crippen molar-refractivity contribution in [3.63, 3.8) is 0 Å². The molecule has 4 rings (SSSR count). The number of hydrogen-bond acceptors (Lipinski definition) is 3. The molecular formula is C18H21N3O. The molecule has 1 aromatic carbocycles. The van der Waals surface area contributed by atoms with Crippen molar-refractivity contribution in [3.8, 4) is 11.3 Å². The molecule has 0 radical (unpaired) electrons. The van der Waals surface area contributed by atoms with Crippen LogP contribution >= 0.6 is 0 Å². The van der Waals surface area contributed by atoms with Crippen molar-refractivity contribution in [1.29, 1.82) is 0 Å². The molecule has 1 aliphatic carbocycles. The van der Waals surface area contributed by atoms with Gasteiger partial charge in [-0.15, -0.1) is 0 Å². The summed E-state index contributed by atoms with van der Waals surface area (Å²) in [6.07, 6.45) is 10.7. The Morgan fingerprint density at radius 2 is 2.05 bits per heavy atom. The Balaban J connectivity index is 1.63. The van der Waals surface area contributed by atoms with Gasteiger partial charge in [-0.05, 0) is 30.7 Å². The lowest BCUT2D eigenvalue weighted by atomic mass is 9.81. The number of aromatic nitrogens is 2. The highest BCUT2D eigenvalue weighted by Gasteiger charge is 2.33. The van der Waals surface area contributed by atoms with Crippen LogP contribution in [-0.2, 0) is 0 Å². The second kappa shape index (κ2) is 5.67. The van der Waals surface area contributed by atoms with Crippen LogP contribution in [0.4, 0.5) is 0 Å². The number of nitrogens with zero attached hydrogens (tertiary/aromatic N) is 3. The van der Waals surface area contributed by atoms with Gasteiger partial charge in [-0.25, -0.2) is 4.98 Å². The number of imidazole rings is 1. The average molecular weight is 295 g/mol. The number of hydrogen-bond donors (Lipinski definition) is 0. The van der Waals surface area contributed by atoms with E-state index in [1.165, 1.54) is 30.4 Å². The van der Waals surface area contributed by atoms with Gasteiger partial charge >= 0.3 is 0 Å². The molecule has 2 aromatic rings. The minimum absolute atomic E-state index is 0.0771. The maximum atomic E-state index is 11.5. The van der Waals surface area contributed by atoms with E-state index in [2.05, 4.69) is 39.0 Å². The molecule has 2 atom stereocenters. The smallest absolute Gasteiger partial charge is 0.0970 e. The number of fused-ring (bicyclic) bond motifs is 3. The Morgan fingerprint density at radius 1 is 1.23 bits per heavy atom. The Labute approximate surface area is 130 Å². The van der Waals surface area contributed by atoms with Gasteiger partial charge in [0.1, 0.15) is 0 Å². The fourth-order valence-electron chi connectivity index (χ4n) is 4.24. The van der Waals surface area contributed by atoms with E-state index >= 15 is 0 Å². The van der Waals surface area contributed by atoms with Gasteiger partial charge < -0.3 is 4.57 Å². The van der Waals surface area contributed by atoms with Crippen molar-refractivity contribution in [3.05, 3.63) is 47.3 Å². The molecule has 1 saturated carbocycles. The van der Waals surface area contributed by atoms with Crippen LogP contribution in [0.2, 0.25) is 0 Å². The van der Waals surface area contributed by atoms with Gasteiger partial charge in [0.05, 0.1) is 30.3 Å². The van der Waals surface area contributed by atoms with Gasteiger partial charge in [-0.2, -0.15) is 4.91 Å². The highest BCUT2D eigenvalue weighted by Crippen LogP contribution is 2.43. The summed E-state index contributed by atoms with van der Waals surface area (Å²) < 4.78 is 2.21. The van der Waals surface area contributed by atoms with Crippen LogP contribution in [0.15, 0.2) is 42.0 Å². The summed E-state index contributed by atoms with van der Waals surface area (Å²) >= 11 is 0. The van der Waals surface area contributed by atoms with Gasteiger partial charge in [-0.1, -0.05) is 48.7 Å². The van der Waals surface area contributed by atoms with Crippen LogP contribution < -0.4 is 0 Å². The maximum absolute atomic E-state index is 11.5. The van der Waals surface area contributed by atoms with Gasteiger partial charge in [0.25, 0.3) is 0 Å². The molecule has 114 valence electrons. The Bertz CT molecular complexity index is 672. The number of rotatable bonds is 4. The van der Waals surface area contributed by atoms with Crippen molar-refractivity contribution in [1.82, 2.24) is 9.55 Å². The van der Waals surface area contributed by atoms with Crippen molar-refractivity contribution >= 4 is 0 Å². The number of nitroso groups, excluding NO2 is 1.